The zero-order chi connectivity index (χ0) is 15.9. The number of aromatic carboxylic acids is 1. The molecule has 1 aliphatic rings. The van der Waals surface area contributed by atoms with E-state index in [9.17, 15) is 18.0 Å². The lowest BCUT2D eigenvalue weighted by Crippen LogP contribution is -2.22. The number of rotatable bonds is 3. The number of anilines is 1. The largest absolute Gasteiger partial charge is 0.476 e. The highest BCUT2D eigenvalue weighted by atomic mass is 32.1. The smallest absolute Gasteiger partial charge is 0.427 e. The molecule has 0 aromatic carbocycles. The molecule has 1 saturated heterocycles. The predicted octanol–water partition coefficient (Wildman–Crippen LogP) is 3.66. The van der Waals surface area contributed by atoms with E-state index in [0.717, 1.165) is 12.6 Å². The van der Waals surface area contributed by atoms with Crippen molar-refractivity contribution in [1.29, 1.82) is 0 Å². The molecule has 1 aliphatic heterocycles. The van der Waals surface area contributed by atoms with Gasteiger partial charge in [0.2, 0.25) is 0 Å². The van der Waals surface area contributed by atoms with Crippen LogP contribution in [0.1, 0.15) is 39.3 Å². The molecule has 0 saturated carbocycles. The summed E-state index contributed by atoms with van der Waals surface area (Å²) in [6, 6.07) is -0.217. The molecule has 0 amide bonds. The second-order valence-electron chi connectivity index (χ2n) is 4.73. The Balaban J connectivity index is 1.86. The van der Waals surface area contributed by atoms with Crippen molar-refractivity contribution >= 4 is 33.8 Å². The minimum absolute atomic E-state index is 0.0398. The van der Waals surface area contributed by atoms with Gasteiger partial charge in [0.05, 0.1) is 12.2 Å². The van der Waals surface area contributed by atoms with E-state index in [1.54, 1.807) is 4.90 Å². The minimum atomic E-state index is -4.40. The molecule has 3 heterocycles. The first-order valence-corrected chi connectivity index (χ1v) is 8.04. The maximum Gasteiger partial charge on any atom is 0.427 e. The van der Waals surface area contributed by atoms with Crippen LogP contribution in [0.5, 0.6) is 0 Å². The van der Waals surface area contributed by atoms with Crippen molar-refractivity contribution in [3.63, 3.8) is 0 Å². The molecule has 1 fully saturated rings. The lowest BCUT2D eigenvalue weighted by Gasteiger charge is -2.22. The fourth-order valence-corrected chi connectivity index (χ4v) is 4.12. The van der Waals surface area contributed by atoms with E-state index in [4.69, 9.17) is 5.11 Å². The van der Waals surface area contributed by atoms with E-state index in [1.165, 1.54) is 16.7 Å². The fraction of sp³-hybridized carbons (Fsp3) is 0.417. The Morgan fingerprint density at radius 1 is 1.45 bits per heavy atom. The molecule has 2 aromatic heterocycles. The molecular weight excluding hydrogens is 339 g/mol. The molecule has 22 heavy (non-hydrogen) atoms. The summed E-state index contributed by atoms with van der Waals surface area (Å²) in [5, 5.41) is 11.2. The van der Waals surface area contributed by atoms with Crippen LogP contribution in [-0.4, -0.2) is 27.6 Å². The highest BCUT2D eigenvalue weighted by Crippen LogP contribution is 2.42. The molecule has 1 atom stereocenters. The highest BCUT2D eigenvalue weighted by Gasteiger charge is 2.36. The van der Waals surface area contributed by atoms with Gasteiger partial charge in [0.1, 0.15) is 9.88 Å². The third-order valence-electron chi connectivity index (χ3n) is 3.30. The Morgan fingerprint density at radius 2 is 2.23 bits per heavy atom. The Bertz CT molecular complexity index is 698. The van der Waals surface area contributed by atoms with Gasteiger partial charge in [0.15, 0.2) is 10.8 Å². The van der Waals surface area contributed by atoms with E-state index in [1.807, 2.05) is 0 Å². The summed E-state index contributed by atoms with van der Waals surface area (Å²) < 4.78 is 38.0. The quantitative estimate of drug-likeness (QED) is 0.916. The van der Waals surface area contributed by atoms with Crippen LogP contribution in [0.4, 0.5) is 18.3 Å². The van der Waals surface area contributed by atoms with Gasteiger partial charge in [-0.2, -0.15) is 13.2 Å². The van der Waals surface area contributed by atoms with Crippen molar-refractivity contribution in [3.8, 4) is 0 Å². The van der Waals surface area contributed by atoms with Gasteiger partial charge in [-0.3, -0.25) is 0 Å². The van der Waals surface area contributed by atoms with Crippen LogP contribution < -0.4 is 4.90 Å². The molecule has 1 unspecified atom stereocenters. The zero-order valence-corrected chi connectivity index (χ0v) is 12.6. The lowest BCUT2D eigenvalue weighted by molar-refractivity contribution is -0.134. The number of hydrogen-bond acceptors (Lipinski definition) is 6. The van der Waals surface area contributed by atoms with Gasteiger partial charge in [0, 0.05) is 11.9 Å². The molecule has 1 N–H and O–H groups in total. The Labute approximate surface area is 131 Å². The number of carboxylic acid groups (broad SMARTS) is 1. The third kappa shape index (κ3) is 2.80. The SMILES string of the molecule is O=C(O)c1csc(C2CCCN2c2ncc(C(F)(F)F)s2)n1. The number of carbonyl (C=O) groups is 1. The van der Waals surface area contributed by atoms with E-state index in [-0.39, 0.29) is 11.7 Å². The van der Waals surface area contributed by atoms with Gasteiger partial charge in [-0.1, -0.05) is 11.3 Å². The molecular formula is C12H10F3N3O2S2. The molecule has 118 valence electrons. The lowest BCUT2D eigenvalue weighted by atomic mass is 10.2. The van der Waals surface area contributed by atoms with Gasteiger partial charge >= 0.3 is 12.1 Å². The number of nitrogens with zero attached hydrogens (tertiary/aromatic N) is 3. The zero-order valence-electron chi connectivity index (χ0n) is 11.0. The van der Waals surface area contributed by atoms with Gasteiger partial charge in [-0.05, 0) is 12.8 Å². The number of hydrogen-bond donors (Lipinski definition) is 1. The van der Waals surface area contributed by atoms with Gasteiger partial charge in [0.25, 0.3) is 0 Å². The minimum Gasteiger partial charge on any atom is -0.476 e. The number of carboxylic acids is 1. The number of alkyl halides is 3. The average Bonchev–Trinajstić information content (AvgIpc) is 3.17. The number of halogens is 3. The van der Waals surface area contributed by atoms with Gasteiger partial charge in [-0.25, -0.2) is 14.8 Å². The molecule has 3 rings (SSSR count). The van der Waals surface area contributed by atoms with Crippen LogP contribution in [0, 0.1) is 0 Å². The van der Waals surface area contributed by atoms with Gasteiger partial charge in [-0.15, -0.1) is 11.3 Å². The summed E-state index contributed by atoms with van der Waals surface area (Å²) in [7, 11) is 0. The Morgan fingerprint density at radius 3 is 2.82 bits per heavy atom. The first kappa shape index (κ1) is 15.2. The topological polar surface area (TPSA) is 66.3 Å². The van der Waals surface area contributed by atoms with Crippen LogP contribution in [0.15, 0.2) is 11.6 Å². The summed E-state index contributed by atoms with van der Waals surface area (Å²) in [6.07, 6.45) is -2.05. The number of thiazole rings is 2. The Kier molecular flexibility index (Phi) is 3.81. The summed E-state index contributed by atoms with van der Waals surface area (Å²) in [5.41, 5.74) is -0.0398. The first-order valence-electron chi connectivity index (χ1n) is 6.34. The monoisotopic (exact) mass is 349 g/mol. The van der Waals surface area contributed by atoms with Crippen LogP contribution >= 0.6 is 22.7 Å². The van der Waals surface area contributed by atoms with Crippen LogP contribution in [0.25, 0.3) is 0 Å². The summed E-state index contributed by atoms with van der Waals surface area (Å²) in [6.45, 7) is 0.581. The van der Waals surface area contributed by atoms with E-state index >= 15 is 0 Å². The van der Waals surface area contributed by atoms with Gasteiger partial charge < -0.3 is 10.0 Å². The van der Waals surface area contributed by atoms with E-state index < -0.39 is 17.0 Å². The van der Waals surface area contributed by atoms with Crippen molar-refractivity contribution in [2.24, 2.45) is 0 Å². The standard InChI is InChI=1S/C12H10F3N3O2S2/c13-12(14,15)8-4-16-11(22-8)18-3-1-2-7(18)9-17-6(5-21-9)10(19)20/h4-5,7H,1-3H2,(H,19,20). The second-order valence-corrected chi connectivity index (χ2v) is 6.63. The van der Waals surface area contributed by atoms with Crippen LogP contribution in [0.3, 0.4) is 0 Å². The molecule has 2 aromatic rings. The van der Waals surface area contributed by atoms with Crippen LogP contribution in [-0.2, 0) is 6.18 Å². The molecule has 5 nitrogen and oxygen atoms in total. The average molecular weight is 349 g/mol. The van der Waals surface area contributed by atoms with E-state index in [0.29, 0.717) is 34.4 Å². The van der Waals surface area contributed by atoms with Crippen molar-refractivity contribution in [3.05, 3.63) is 27.2 Å². The summed E-state index contributed by atoms with van der Waals surface area (Å²) in [4.78, 5) is 19.8. The van der Waals surface area contributed by atoms with E-state index in [2.05, 4.69) is 9.97 Å². The van der Waals surface area contributed by atoms with Crippen molar-refractivity contribution in [1.82, 2.24) is 9.97 Å². The highest BCUT2D eigenvalue weighted by molar-refractivity contribution is 7.15. The molecule has 10 heteroatoms. The van der Waals surface area contributed by atoms with Crippen LogP contribution in [0.2, 0.25) is 0 Å². The van der Waals surface area contributed by atoms with Crippen molar-refractivity contribution in [2.75, 3.05) is 11.4 Å². The maximum atomic E-state index is 12.7. The molecule has 0 bridgehead atoms. The van der Waals surface area contributed by atoms with Crippen molar-refractivity contribution < 1.29 is 23.1 Å². The summed E-state index contributed by atoms with van der Waals surface area (Å²) in [5.74, 6) is -1.11. The first-order chi connectivity index (χ1) is 10.4. The number of aromatic nitrogens is 2. The summed E-state index contributed by atoms with van der Waals surface area (Å²) >= 11 is 1.81. The molecule has 0 aliphatic carbocycles. The normalized spacial score (nSPS) is 18.9. The van der Waals surface area contributed by atoms with Crippen molar-refractivity contribution in [2.45, 2.75) is 25.1 Å². The second kappa shape index (κ2) is 5.51. The molecule has 0 radical (unpaired) electrons. The third-order valence-corrected chi connectivity index (χ3v) is 5.32. The predicted molar refractivity (Wildman–Crippen MR) is 75.5 cm³/mol. The maximum absolute atomic E-state index is 12.7. The Hall–Kier alpha value is -1.68. The molecule has 0 spiro atoms. The fourth-order valence-electron chi connectivity index (χ4n) is 2.32.